The lowest BCUT2D eigenvalue weighted by Gasteiger charge is -2.39. The normalized spacial score (nSPS) is 19.0. The number of pyridine rings is 1. The monoisotopic (exact) mass is 475 g/mol. The number of nitrogens with zero attached hydrogens (tertiary/aromatic N) is 7. The molecule has 0 spiro atoms. The van der Waals surface area contributed by atoms with E-state index >= 15 is 0 Å². The first-order chi connectivity index (χ1) is 17.1. The highest BCUT2D eigenvalue weighted by Crippen LogP contribution is 2.22. The quantitative estimate of drug-likeness (QED) is 0.399. The Hall–Kier alpha value is -3.79. The lowest BCUT2D eigenvalue weighted by Crippen LogP contribution is -2.50. The number of non-ortho nitro benzene ring substituents is 1. The van der Waals surface area contributed by atoms with Crippen molar-refractivity contribution in [3.8, 4) is 5.69 Å². The molecule has 10 nitrogen and oxygen atoms in total. The van der Waals surface area contributed by atoms with Crippen molar-refractivity contribution in [2.45, 2.75) is 12.8 Å². The number of nitro benzene ring substituents is 1. The molecule has 10 heteroatoms. The third-order valence-electron chi connectivity index (χ3n) is 6.82. The van der Waals surface area contributed by atoms with E-state index in [4.69, 9.17) is 0 Å². The first-order valence-corrected chi connectivity index (χ1v) is 12.0. The smallest absolute Gasteiger partial charge is 0.269 e. The predicted octanol–water partition coefficient (Wildman–Crippen LogP) is 2.85. The van der Waals surface area contributed by atoms with Gasteiger partial charge in [0.05, 0.1) is 22.4 Å². The molecule has 1 amide bonds. The molecule has 2 fully saturated rings. The van der Waals surface area contributed by atoms with E-state index in [9.17, 15) is 14.9 Å². The lowest BCUT2D eigenvalue weighted by atomic mass is 9.96. The second-order valence-electron chi connectivity index (χ2n) is 9.18. The Morgan fingerprint density at radius 3 is 2.57 bits per heavy atom. The molecule has 0 N–H and O–H groups in total. The number of aromatic nitrogens is 3. The average Bonchev–Trinajstić information content (AvgIpc) is 3.40. The summed E-state index contributed by atoms with van der Waals surface area (Å²) < 4.78 is 1.58. The molecule has 0 aliphatic carbocycles. The van der Waals surface area contributed by atoms with Crippen LogP contribution in [0.2, 0.25) is 0 Å². The number of benzene rings is 1. The number of anilines is 1. The summed E-state index contributed by atoms with van der Waals surface area (Å²) in [5.41, 5.74) is 1.23. The molecule has 2 aromatic heterocycles. The Bertz CT molecular complexity index is 1160. The standard InChI is InChI=1S/C25H29N7O3/c33-25(21-16-27-31(19-21)22-6-8-23(9-7-22)32(34)35)30-11-3-4-20(18-30)17-28-12-14-29(15-13-28)24-5-1-2-10-26-24/h1-2,5-10,16,19-20H,3-4,11-15,17-18H2. The number of carbonyl (C=O) groups excluding carboxylic acids is 1. The minimum absolute atomic E-state index is 0.0113. The van der Waals surface area contributed by atoms with Crippen LogP contribution in [0.4, 0.5) is 11.5 Å². The number of nitro groups is 1. The van der Waals surface area contributed by atoms with E-state index in [0.29, 0.717) is 17.2 Å². The highest BCUT2D eigenvalue weighted by Gasteiger charge is 2.28. The number of likely N-dealkylation sites (tertiary alicyclic amines) is 1. The van der Waals surface area contributed by atoms with Gasteiger partial charge in [0.1, 0.15) is 5.82 Å². The SMILES string of the molecule is O=C(c1cnn(-c2ccc([N+](=O)[O-])cc2)c1)N1CCCC(CN2CCN(c3ccccn3)CC2)C1. The lowest BCUT2D eigenvalue weighted by molar-refractivity contribution is -0.384. The summed E-state index contributed by atoms with van der Waals surface area (Å²) in [6.45, 7) is 6.45. The Balaban J connectivity index is 1.15. The van der Waals surface area contributed by atoms with Crippen molar-refractivity contribution in [2.75, 3.05) is 50.7 Å². The molecule has 1 aromatic carbocycles. The van der Waals surface area contributed by atoms with Crippen molar-refractivity contribution < 1.29 is 9.72 Å². The van der Waals surface area contributed by atoms with Crippen LogP contribution in [-0.2, 0) is 0 Å². The van der Waals surface area contributed by atoms with E-state index < -0.39 is 4.92 Å². The van der Waals surface area contributed by atoms with Crippen LogP contribution in [0.3, 0.4) is 0 Å². The third kappa shape index (κ3) is 5.32. The van der Waals surface area contributed by atoms with E-state index in [2.05, 4.69) is 25.9 Å². The van der Waals surface area contributed by atoms with Crippen LogP contribution < -0.4 is 4.90 Å². The van der Waals surface area contributed by atoms with Gasteiger partial charge in [-0.05, 0) is 43.0 Å². The minimum Gasteiger partial charge on any atom is -0.354 e. The molecule has 1 atom stereocenters. The first kappa shape index (κ1) is 23.0. The van der Waals surface area contributed by atoms with Crippen LogP contribution in [0.25, 0.3) is 5.69 Å². The van der Waals surface area contributed by atoms with Crippen molar-refractivity contribution >= 4 is 17.4 Å². The van der Waals surface area contributed by atoms with Gasteiger partial charge in [-0.2, -0.15) is 5.10 Å². The van der Waals surface area contributed by atoms with Crippen molar-refractivity contribution in [1.29, 1.82) is 0 Å². The van der Waals surface area contributed by atoms with E-state index in [1.54, 1.807) is 29.2 Å². The molecule has 2 saturated heterocycles. The fraction of sp³-hybridized carbons (Fsp3) is 0.400. The van der Waals surface area contributed by atoms with Crippen LogP contribution in [0, 0.1) is 16.0 Å². The fourth-order valence-electron chi connectivity index (χ4n) is 4.95. The number of piperidine rings is 1. The van der Waals surface area contributed by atoms with Gasteiger partial charge in [-0.15, -0.1) is 0 Å². The maximum absolute atomic E-state index is 13.2. The van der Waals surface area contributed by atoms with Gasteiger partial charge in [0.15, 0.2) is 0 Å². The number of amides is 1. The maximum atomic E-state index is 13.2. The summed E-state index contributed by atoms with van der Waals surface area (Å²) in [6, 6.07) is 12.2. The number of rotatable bonds is 6. The summed E-state index contributed by atoms with van der Waals surface area (Å²) in [7, 11) is 0. The van der Waals surface area contributed by atoms with E-state index in [1.807, 2.05) is 23.2 Å². The van der Waals surface area contributed by atoms with Crippen LogP contribution in [-0.4, -0.2) is 81.2 Å². The largest absolute Gasteiger partial charge is 0.354 e. The maximum Gasteiger partial charge on any atom is 0.269 e. The zero-order valence-corrected chi connectivity index (χ0v) is 19.6. The first-order valence-electron chi connectivity index (χ1n) is 12.0. The van der Waals surface area contributed by atoms with Crippen molar-refractivity contribution in [3.63, 3.8) is 0 Å². The average molecular weight is 476 g/mol. The molecule has 4 heterocycles. The van der Waals surface area contributed by atoms with Gasteiger partial charge in [-0.3, -0.25) is 19.8 Å². The van der Waals surface area contributed by atoms with Crippen molar-refractivity contribution in [2.24, 2.45) is 5.92 Å². The van der Waals surface area contributed by atoms with E-state index in [-0.39, 0.29) is 11.6 Å². The summed E-state index contributed by atoms with van der Waals surface area (Å²) in [6.07, 6.45) is 7.24. The molecular weight excluding hydrogens is 446 g/mol. The zero-order valence-electron chi connectivity index (χ0n) is 19.6. The van der Waals surface area contributed by atoms with Crippen LogP contribution in [0.15, 0.2) is 61.1 Å². The van der Waals surface area contributed by atoms with Gasteiger partial charge in [0, 0.05) is 70.3 Å². The third-order valence-corrected chi connectivity index (χ3v) is 6.82. The second kappa shape index (κ2) is 10.2. The molecule has 0 radical (unpaired) electrons. The van der Waals surface area contributed by atoms with Crippen LogP contribution in [0.1, 0.15) is 23.2 Å². The summed E-state index contributed by atoms with van der Waals surface area (Å²) in [5.74, 6) is 1.48. The molecule has 35 heavy (non-hydrogen) atoms. The highest BCUT2D eigenvalue weighted by atomic mass is 16.6. The highest BCUT2D eigenvalue weighted by molar-refractivity contribution is 5.93. The minimum atomic E-state index is -0.436. The molecule has 1 unspecified atom stereocenters. The molecule has 182 valence electrons. The van der Waals surface area contributed by atoms with E-state index in [0.717, 1.165) is 64.5 Å². The Labute approximate surface area is 203 Å². The Morgan fingerprint density at radius 2 is 1.86 bits per heavy atom. The van der Waals surface area contributed by atoms with Gasteiger partial charge in [-0.1, -0.05) is 6.07 Å². The molecule has 2 aliphatic heterocycles. The number of hydrogen-bond donors (Lipinski definition) is 0. The summed E-state index contributed by atoms with van der Waals surface area (Å²) in [5, 5.41) is 15.2. The molecule has 2 aliphatic rings. The number of hydrogen-bond acceptors (Lipinski definition) is 7. The van der Waals surface area contributed by atoms with Crippen LogP contribution in [0.5, 0.6) is 0 Å². The topological polar surface area (TPSA) is 101 Å². The fourth-order valence-corrected chi connectivity index (χ4v) is 4.95. The second-order valence-corrected chi connectivity index (χ2v) is 9.18. The van der Waals surface area contributed by atoms with Gasteiger partial charge in [-0.25, -0.2) is 9.67 Å². The predicted molar refractivity (Wildman–Crippen MR) is 132 cm³/mol. The molecule has 0 saturated carbocycles. The molecule has 3 aromatic rings. The van der Waals surface area contributed by atoms with Crippen molar-refractivity contribution in [3.05, 3.63) is 76.7 Å². The van der Waals surface area contributed by atoms with Crippen molar-refractivity contribution in [1.82, 2.24) is 24.6 Å². The number of piperazine rings is 1. The zero-order chi connectivity index (χ0) is 24.2. The van der Waals surface area contributed by atoms with Gasteiger partial charge < -0.3 is 9.80 Å². The van der Waals surface area contributed by atoms with Crippen LogP contribution >= 0.6 is 0 Å². The van der Waals surface area contributed by atoms with Gasteiger partial charge >= 0.3 is 0 Å². The summed E-state index contributed by atoms with van der Waals surface area (Å²) >= 11 is 0. The Kier molecular flexibility index (Phi) is 6.71. The van der Waals surface area contributed by atoms with Gasteiger partial charge in [0.25, 0.3) is 11.6 Å². The van der Waals surface area contributed by atoms with E-state index in [1.165, 1.54) is 12.1 Å². The van der Waals surface area contributed by atoms with Gasteiger partial charge in [0.2, 0.25) is 0 Å². The molecule has 0 bridgehead atoms. The Morgan fingerprint density at radius 1 is 1.06 bits per heavy atom. The number of carbonyl (C=O) groups is 1. The molecular formula is C25H29N7O3. The summed E-state index contributed by atoms with van der Waals surface area (Å²) in [4.78, 5) is 34.9. The molecule has 5 rings (SSSR count).